The molecule has 29 heavy (non-hydrogen) atoms. The largest absolute Gasteiger partial charge is 0.368 e. The second-order valence-corrected chi connectivity index (χ2v) is 6.73. The second kappa shape index (κ2) is 7.52. The van der Waals surface area contributed by atoms with Gasteiger partial charge in [0, 0.05) is 23.0 Å². The maximum Gasteiger partial charge on any atom is 0.224 e. The van der Waals surface area contributed by atoms with Crippen molar-refractivity contribution in [3.63, 3.8) is 0 Å². The van der Waals surface area contributed by atoms with Crippen LogP contribution in [0.2, 0.25) is 0 Å². The summed E-state index contributed by atoms with van der Waals surface area (Å²) in [6.07, 6.45) is 4.95. The van der Waals surface area contributed by atoms with Gasteiger partial charge < -0.3 is 5.73 Å². The summed E-state index contributed by atoms with van der Waals surface area (Å²) in [7, 11) is 0. The highest BCUT2D eigenvalue weighted by atomic mass is 16.1. The van der Waals surface area contributed by atoms with E-state index in [1.807, 2.05) is 44.2 Å². The molecular formula is C22H18N6O. The number of nitrogen functional groups attached to an aromatic ring is 1. The Morgan fingerprint density at radius 3 is 2.72 bits per heavy atom. The number of aromatic nitrogens is 5. The molecule has 0 atom stereocenters. The molecule has 2 N–H and O–H groups in total. The number of ketones is 1. The zero-order valence-corrected chi connectivity index (χ0v) is 16.0. The van der Waals surface area contributed by atoms with E-state index >= 15 is 0 Å². The van der Waals surface area contributed by atoms with Crippen LogP contribution in [0.15, 0.2) is 49.1 Å². The monoisotopic (exact) mass is 382 g/mol. The van der Waals surface area contributed by atoms with Crippen molar-refractivity contribution in [2.45, 2.75) is 20.3 Å². The average Bonchev–Trinajstić information content (AvgIpc) is 3.12. The Kier molecular flexibility index (Phi) is 4.75. The number of pyridine rings is 1. The van der Waals surface area contributed by atoms with Gasteiger partial charge in [-0.15, -0.1) is 0 Å². The molecular weight excluding hydrogens is 364 g/mol. The molecule has 1 aromatic carbocycles. The Hall–Kier alpha value is -4.05. The third kappa shape index (κ3) is 3.82. The summed E-state index contributed by atoms with van der Waals surface area (Å²) in [5.41, 5.74) is 11.2. The van der Waals surface area contributed by atoms with E-state index in [1.165, 1.54) is 10.8 Å². The molecule has 0 unspecified atom stereocenters. The standard InChI is InChI=1S/C22H18N6O/c1-14-7-8-24-19(9-14)11-20(29)17-4-3-15(2)16(10-17)5-6-18-12-27-28-21(18)25-13-26-22(28)23/h3-4,7-10,12-13H,11H2,1-2H3,(H2,23,25,26). The lowest BCUT2D eigenvalue weighted by atomic mass is 10.00. The SMILES string of the molecule is Cc1ccnc(CC(=O)c2ccc(C)c(C#Cc3cnn4c(N)ncnc34)c2)c1. The highest BCUT2D eigenvalue weighted by Gasteiger charge is 2.10. The minimum atomic E-state index is 0.00245. The summed E-state index contributed by atoms with van der Waals surface area (Å²) < 4.78 is 1.44. The zero-order chi connectivity index (χ0) is 20.4. The fourth-order valence-electron chi connectivity index (χ4n) is 2.95. The second-order valence-electron chi connectivity index (χ2n) is 6.73. The smallest absolute Gasteiger partial charge is 0.224 e. The third-order valence-electron chi connectivity index (χ3n) is 4.54. The van der Waals surface area contributed by atoms with Gasteiger partial charge in [-0.25, -0.2) is 9.97 Å². The van der Waals surface area contributed by atoms with Crippen molar-refractivity contribution in [2.75, 3.05) is 5.73 Å². The van der Waals surface area contributed by atoms with E-state index < -0.39 is 0 Å². The van der Waals surface area contributed by atoms with Gasteiger partial charge in [0.15, 0.2) is 11.4 Å². The Bertz CT molecular complexity index is 1300. The normalized spacial score (nSPS) is 10.6. The van der Waals surface area contributed by atoms with Crippen molar-refractivity contribution in [3.05, 3.63) is 82.6 Å². The summed E-state index contributed by atoms with van der Waals surface area (Å²) >= 11 is 0. The van der Waals surface area contributed by atoms with E-state index in [9.17, 15) is 4.79 Å². The van der Waals surface area contributed by atoms with Gasteiger partial charge in [0.2, 0.25) is 5.95 Å². The highest BCUT2D eigenvalue weighted by Crippen LogP contribution is 2.14. The first-order valence-corrected chi connectivity index (χ1v) is 9.03. The molecule has 7 nitrogen and oxygen atoms in total. The topological polar surface area (TPSA) is 99.1 Å². The lowest BCUT2D eigenvalue weighted by molar-refractivity contribution is 0.0992. The fourth-order valence-corrected chi connectivity index (χ4v) is 2.95. The number of fused-ring (bicyclic) bond motifs is 1. The number of hydrogen-bond donors (Lipinski definition) is 1. The number of carbonyl (C=O) groups is 1. The van der Waals surface area contributed by atoms with Crippen LogP contribution >= 0.6 is 0 Å². The van der Waals surface area contributed by atoms with E-state index in [0.29, 0.717) is 16.8 Å². The molecule has 3 aromatic heterocycles. The molecule has 3 heterocycles. The molecule has 0 spiro atoms. The number of hydrogen-bond acceptors (Lipinski definition) is 6. The maximum absolute atomic E-state index is 12.7. The molecule has 0 fully saturated rings. The summed E-state index contributed by atoms with van der Waals surface area (Å²) in [6, 6.07) is 9.37. The van der Waals surface area contributed by atoms with Crippen LogP contribution in [0, 0.1) is 25.7 Å². The van der Waals surface area contributed by atoms with Crippen LogP contribution in [0.1, 0.15) is 38.3 Å². The third-order valence-corrected chi connectivity index (χ3v) is 4.54. The van der Waals surface area contributed by atoms with E-state index in [-0.39, 0.29) is 18.2 Å². The van der Waals surface area contributed by atoms with E-state index in [0.717, 1.165) is 22.4 Å². The van der Waals surface area contributed by atoms with Crippen molar-refractivity contribution < 1.29 is 4.79 Å². The molecule has 0 saturated heterocycles. The predicted molar refractivity (Wildman–Crippen MR) is 109 cm³/mol. The summed E-state index contributed by atoms with van der Waals surface area (Å²) in [5.74, 6) is 6.44. The number of aryl methyl sites for hydroxylation is 2. The van der Waals surface area contributed by atoms with E-state index in [1.54, 1.807) is 12.4 Å². The molecule has 142 valence electrons. The van der Waals surface area contributed by atoms with Crippen LogP contribution < -0.4 is 5.73 Å². The highest BCUT2D eigenvalue weighted by molar-refractivity contribution is 5.97. The molecule has 0 aliphatic heterocycles. The van der Waals surface area contributed by atoms with Crippen molar-refractivity contribution in [3.8, 4) is 11.8 Å². The summed E-state index contributed by atoms with van der Waals surface area (Å²) in [5, 5.41) is 4.16. The Balaban J connectivity index is 1.63. The van der Waals surface area contributed by atoms with Crippen LogP contribution in [0.5, 0.6) is 0 Å². The van der Waals surface area contributed by atoms with E-state index in [2.05, 4.69) is 31.9 Å². The molecule has 0 saturated carbocycles. The minimum absolute atomic E-state index is 0.00245. The Labute approximate surface area is 167 Å². The molecule has 0 aliphatic carbocycles. The first-order chi connectivity index (χ1) is 14.0. The number of nitrogens with zero attached hydrogens (tertiary/aromatic N) is 5. The van der Waals surface area contributed by atoms with Gasteiger partial charge in [0.1, 0.15) is 6.33 Å². The molecule has 4 aromatic rings. The fraction of sp³-hybridized carbons (Fsp3) is 0.136. The molecule has 4 rings (SSSR count). The predicted octanol–water partition coefficient (Wildman–Crippen LogP) is 2.54. The maximum atomic E-state index is 12.7. The van der Waals surface area contributed by atoms with Crippen molar-refractivity contribution >= 4 is 17.4 Å². The van der Waals surface area contributed by atoms with Gasteiger partial charge in [0.25, 0.3) is 0 Å². The van der Waals surface area contributed by atoms with Gasteiger partial charge in [-0.2, -0.15) is 9.61 Å². The molecule has 0 radical (unpaired) electrons. The quantitative estimate of drug-likeness (QED) is 0.432. The lowest BCUT2D eigenvalue weighted by Gasteiger charge is -2.05. The Morgan fingerprint density at radius 1 is 1.07 bits per heavy atom. The van der Waals surface area contributed by atoms with Gasteiger partial charge in [-0.1, -0.05) is 24.0 Å². The number of anilines is 1. The molecule has 0 aliphatic rings. The first kappa shape index (κ1) is 18.3. The van der Waals surface area contributed by atoms with Crippen molar-refractivity contribution in [2.24, 2.45) is 0 Å². The van der Waals surface area contributed by atoms with Crippen LogP contribution in [-0.2, 0) is 6.42 Å². The van der Waals surface area contributed by atoms with Crippen LogP contribution in [0.4, 0.5) is 5.95 Å². The first-order valence-electron chi connectivity index (χ1n) is 9.03. The van der Waals surface area contributed by atoms with Crippen LogP contribution in [-0.4, -0.2) is 30.3 Å². The van der Waals surface area contributed by atoms with Gasteiger partial charge in [-0.3, -0.25) is 9.78 Å². The number of nitrogens with two attached hydrogens (primary N) is 1. The number of rotatable bonds is 3. The number of benzene rings is 1. The minimum Gasteiger partial charge on any atom is -0.368 e. The van der Waals surface area contributed by atoms with E-state index in [4.69, 9.17) is 5.73 Å². The summed E-state index contributed by atoms with van der Waals surface area (Å²) in [6.45, 7) is 3.94. The summed E-state index contributed by atoms with van der Waals surface area (Å²) in [4.78, 5) is 25.1. The Morgan fingerprint density at radius 2 is 1.90 bits per heavy atom. The van der Waals surface area contributed by atoms with Crippen LogP contribution in [0.3, 0.4) is 0 Å². The van der Waals surface area contributed by atoms with Gasteiger partial charge >= 0.3 is 0 Å². The van der Waals surface area contributed by atoms with Gasteiger partial charge in [0.05, 0.1) is 18.2 Å². The van der Waals surface area contributed by atoms with Crippen molar-refractivity contribution in [1.82, 2.24) is 24.6 Å². The van der Waals surface area contributed by atoms with Crippen LogP contribution in [0.25, 0.3) is 5.65 Å². The lowest BCUT2D eigenvalue weighted by Crippen LogP contribution is -2.06. The zero-order valence-electron chi connectivity index (χ0n) is 16.0. The molecule has 0 bridgehead atoms. The number of carbonyl (C=O) groups excluding carboxylic acids is 1. The molecule has 7 heteroatoms. The van der Waals surface area contributed by atoms with Gasteiger partial charge in [-0.05, 0) is 43.2 Å². The average molecular weight is 382 g/mol. The molecule has 0 amide bonds. The number of Topliss-reactive ketones (excluding diaryl/α,β-unsaturated/α-hetero) is 1. The van der Waals surface area contributed by atoms with Crippen molar-refractivity contribution in [1.29, 1.82) is 0 Å².